The topological polar surface area (TPSA) is 25.8 Å². The van der Waals surface area contributed by atoms with Crippen molar-refractivity contribution in [2.24, 2.45) is 0 Å². The van der Waals surface area contributed by atoms with Crippen LogP contribution in [0.5, 0.6) is 0 Å². The van der Waals surface area contributed by atoms with Gasteiger partial charge in [0.25, 0.3) is 0 Å². The highest BCUT2D eigenvalue weighted by Gasteiger charge is 2.08. The highest BCUT2D eigenvalue weighted by atomic mass is 19.1. The fraction of sp³-hybridized carbons (Fsp3) is 0.143. The quantitative estimate of drug-likeness (QED) is 0.433. The first-order valence-electron chi connectivity index (χ1n) is 5.47. The van der Waals surface area contributed by atoms with Crippen LogP contribution in [0.25, 0.3) is 21.5 Å². The van der Waals surface area contributed by atoms with Crippen LogP contribution in [-0.4, -0.2) is 9.97 Å². The van der Waals surface area contributed by atoms with Crippen LogP contribution in [0.4, 0.5) is 4.39 Å². The maximum absolute atomic E-state index is 13.9. The summed E-state index contributed by atoms with van der Waals surface area (Å²) in [7, 11) is 0. The van der Waals surface area contributed by atoms with Crippen molar-refractivity contribution in [3.8, 4) is 0 Å². The van der Waals surface area contributed by atoms with E-state index in [1.54, 1.807) is 13.1 Å². The molecule has 0 aliphatic carbocycles. The lowest BCUT2D eigenvalue weighted by molar-refractivity contribution is 0.594. The molecule has 3 rings (SSSR count). The molecule has 84 valence electrons. The molecule has 0 aliphatic rings. The monoisotopic (exact) mass is 226 g/mol. The molecule has 0 amide bonds. The van der Waals surface area contributed by atoms with E-state index in [4.69, 9.17) is 0 Å². The van der Waals surface area contributed by atoms with Gasteiger partial charge < -0.3 is 0 Å². The van der Waals surface area contributed by atoms with E-state index in [2.05, 4.69) is 9.97 Å². The molecular formula is C14H11FN2. The summed E-state index contributed by atoms with van der Waals surface area (Å²) < 4.78 is 13.9. The van der Waals surface area contributed by atoms with E-state index in [0.717, 1.165) is 21.9 Å². The molecule has 0 saturated carbocycles. The summed E-state index contributed by atoms with van der Waals surface area (Å²) in [6.07, 6.45) is 1.72. The van der Waals surface area contributed by atoms with E-state index in [-0.39, 0.29) is 0 Å². The van der Waals surface area contributed by atoms with Gasteiger partial charge in [-0.05, 0) is 36.8 Å². The Kier molecular flexibility index (Phi) is 2.08. The lowest BCUT2D eigenvalue weighted by atomic mass is 10.0. The molecule has 2 heterocycles. The van der Waals surface area contributed by atoms with Crippen LogP contribution in [0.15, 0.2) is 30.5 Å². The first-order valence-corrected chi connectivity index (χ1v) is 5.47. The third kappa shape index (κ3) is 1.55. The Morgan fingerprint density at radius 3 is 2.53 bits per heavy atom. The molecule has 0 unspecified atom stereocenters. The number of rotatable bonds is 0. The number of fused-ring (bicyclic) bond motifs is 3. The molecule has 0 saturated heterocycles. The van der Waals surface area contributed by atoms with E-state index >= 15 is 0 Å². The largest absolute Gasteiger partial charge is 0.261 e. The fourth-order valence-corrected chi connectivity index (χ4v) is 2.16. The second-order valence-electron chi connectivity index (χ2n) is 4.26. The zero-order valence-corrected chi connectivity index (χ0v) is 9.66. The number of benzene rings is 1. The Bertz CT molecular complexity index is 735. The van der Waals surface area contributed by atoms with Crippen LogP contribution in [0.3, 0.4) is 0 Å². The smallest absolute Gasteiger partial charge is 0.221 e. The fourth-order valence-electron chi connectivity index (χ4n) is 2.16. The van der Waals surface area contributed by atoms with Gasteiger partial charge in [0, 0.05) is 28.4 Å². The average Bonchev–Trinajstić information content (AvgIpc) is 2.28. The van der Waals surface area contributed by atoms with Gasteiger partial charge in [-0.3, -0.25) is 4.98 Å². The standard InChI is InChI=1S/C14H11FN2/c1-8-5-10-3-4-11-6-9(2)17-14(15)13(11)12(10)7-16-8/h3-7H,1-2H3. The number of pyridine rings is 2. The van der Waals surface area contributed by atoms with Crippen molar-refractivity contribution < 1.29 is 4.39 Å². The second-order valence-corrected chi connectivity index (χ2v) is 4.26. The first-order chi connectivity index (χ1) is 8.15. The van der Waals surface area contributed by atoms with Crippen LogP contribution >= 0.6 is 0 Å². The number of hydrogen-bond donors (Lipinski definition) is 0. The van der Waals surface area contributed by atoms with Gasteiger partial charge in [0.2, 0.25) is 5.95 Å². The van der Waals surface area contributed by atoms with Crippen molar-refractivity contribution in [2.45, 2.75) is 13.8 Å². The second kappa shape index (κ2) is 3.48. The third-order valence-corrected chi connectivity index (χ3v) is 2.92. The van der Waals surface area contributed by atoms with Crippen molar-refractivity contribution in [2.75, 3.05) is 0 Å². The van der Waals surface area contributed by atoms with E-state index in [1.807, 2.05) is 31.2 Å². The van der Waals surface area contributed by atoms with Crippen molar-refractivity contribution in [1.29, 1.82) is 0 Å². The molecule has 0 radical (unpaired) electrons. The molecule has 0 aliphatic heterocycles. The van der Waals surface area contributed by atoms with E-state index in [0.29, 0.717) is 11.1 Å². The Morgan fingerprint density at radius 2 is 1.71 bits per heavy atom. The summed E-state index contributed by atoms with van der Waals surface area (Å²) in [5, 5.41) is 3.24. The molecule has 0 N–H and O–H groups in total. The zero-order valence-electron chi connectivity index (χ0n) is 9.66. The molecule has 2 aromatic heterocycles. The summed E-state index contributed by atoms with van der Waals surface area (Å²) in [5.74, 6) is -0.420. The molecule has 17 heavy (non-hydrogen) atoms. The predicted octanol–water partition coefficient (Wildman–Crippen LogP) is 3.54. The predicted molar refractivity (Wildman–Crippen MR) is 66.5 cm³/mol. The van der Waals surface area contributed by atoms with Gasteiger partial charge in [-0.1, -0.05) is 12.1 Å². The minimum absolute atomic E-state index is 0.420. The van der Waals surface area contributed by atoms with Crippen LogP contribution in [0.2, 0.25) is 0 Å². The van der Waals surface area contributed by atoms with Gasteiger partial charge >= 0.3 is 0 Å². The van der Waals surface area contributed by atoms with E-state index < -0.39 is 5.95 Å². The van der Waals surface area contributed by atoms with Gasteiger partial charge in [-0.25, -0.2) is 4.98 Å². The highest BCUT2D eigenvalue weighted by molar-refractivity contribution is 6.07. The van der Waals surface area contributed by atoms with Gasteiger partial charge in [-0.15, -0.1) is 0 Å². The molecule has 3 aromatic rings. The molecule has 0 atom stereocenters. The van der Waals surface area contributed by atoms with Gasteiger partial charge in [-0.2, -0.15) is 4.39 Å². The summed E-state index contributed by atoms with van der Waals surface area (Å²) in [6, 6.07) is 7.76. The molecule has 0 bridgehead atoms. The summed E-state index contributed by atoms with van der Waals surface area (Å²) in [5.41, 5.74) is 1.62. The van der Waals surface area contributed by atoms with E-state index in [1.165, 1.54) is 0 Å². The lowest BCUT2D eigenvalue weighted by Crippen LogP contribution is -1.91. The van der Waals surface area contributed by atoms with Crippen molar-refractivity contribution in [3.05, 3.63) is 47.8 Å². The van der Waals surface area contributed by atoms with Crippen LogP contribution < -0.4 is 0 Å². The highest BCUT2D eigenvalue weighted by Crippen LogP contribution is 2.27. The van der Waals surface area contributed by atoms with Crippen LogP contribution in [-0.2, 0) is 0 Å². The Balaban J connectivity index is 2.55. The van der Waals surface area contributed by atoms with Crippen LogP contribution in [0, 0.1) is 19.8 Å². The summed E-state index contributed by atoms with van der Waals surface area (Å²) in [4.78, 5) is 8.11. The number of aryl methyl sites for hydroxylation is 2. The Hall–Kier alpha value is -2.03. The number of halogens is 1. The van der Waals surface area contributed by atoms with Crippen molar-refractivity contribution in [3.63, 3.8) is 0 Å². The zero-order chi connectivity index (χ0) is 12.0. The van der Waals surface area contributed by atoms with E-state index in [9.17, 15) is 4.39 Å². The number of aromatic nitrogens is 2. The maximum atomic E-state index is 13.9. The van der Waals surface area contributed by atoms with Crippen LogP contribution in [0.1, 0.15) is 11.4 Å². The van der Waals surface area contributed by atoms with Gasteiger partial charge in [0.15, 0.2) is 0 Å². The molecule has 1 aromatic carbocycles. The Morgan fingerprint density at radius 1 is 1.00 bits per heavy atom. The third-order valence-electron chi connectivity index (χ3n) is 2.92. The molecular weight excluding hydrogens is 215 g/mol. The lowest BCUT2D eigenvalue weighted by Gasteiger charge is -2.06. The summed E-state index contributed by atoms with van der Waals surface area (Å²) in [6.45, 7) is 3.72. The molecule has 2 nitrogen and oxygen atoms in total. The Labute approximate surface area is 98.1 Å². The van der Waals surface area contributed by atoms with Crippen molar-refractivity contribution >= 4 is 21.5 Å². The summed E-state index contributed by atoms with van der Waals surface area (Å²) >= 11 is 0. The van der Waals surface area contributed by atoms with Gasteiger partial charge in [0.1, 0.15) is 0 Å². The minimum atomic E-state index is -0.420. The number of nitrogens with zero attached hydrogens (tertiary/aromatic N) is 2. The average molecular weight is 226 g/mol. The SMILES string of the molecule is Cc1cc2ccc3cc(C)nc(F)c3c2cn1. The minimum Gasteiger partial charge on any atom is -0.261 e. The first kappa shape index (κ1) is 10.1. The molecule has 3 heteroatoms. The molecule has 0 spiro atoms. The normalized spacial score (nSPS) is 11.2. The van der Waals surface area contributed by atoms with Crippen molar-refractivity contribution in [1.82, 2.24) is 9.97 Å². The molecule has 0 fully saturated rings. The maximum Gasteiger partial charge on any atom is 0.221 e. The van der Waals surface area contributed by atoms with Gasteiger partial charge in [0.05, 0.1) is 0 Å². The number of hydrogen-bond acceptors (Lipinski definition) is 2.